The lowest BCUT2D eigenvalue weighted by Gasteiger charge is -2.05. The summed E-state index contributed by atoms with van der Waals surface area (Å²) >= 11 is 0. The van der Waals surface area contributed by atoms with Crippen LogP contribution in [0.5, 0.6) is 5.88 Å². The number of aromatic nitrogens is 2. The van der Waals surface area contributed by atoms with Crippen LogP contribution in [0.2, 0.25) is 0 Å². The second-order valence-electron chi connectivity index (χ2n) is 4.29. The summed E-state index contributed by atoms with van der Waals surface area (Å²) < 4.78 is 1.62. The van der Waals surface area contributed by atoms with Crippen molar-refractivity contribution in [3.63, 3.8) is 0 Å². The number of hydrogen-bond acceptors (Lipinski definition) is 2. The van der Waals surface area contributed by atoms with Gasteiger partial charge in [0.15, 0.2) is 0 Å². The number of benzene rings is 1. The molecular weight excluding hydrogens is 200 g/mol. The molecule has 1 heterocycles. The second kappa shape index (κ2) is 4.00. The molecule has 2 rings (SSSR count). The molecule has 0 saturated carbocycles. The predicted octanol–water partition coefficient (Wildman–Crippen LogP) is 3.15. The summed E-state index contributed by atoms with van der Waals surface area (Å²) in [6.45, 7) is 6.03. The van der Waals surface area contributed by atoms with Crippen LogP contribution < -0.4 is 0 Å². The van der Waals surface area contributed by atoms with Crippen LogP contribution in [-0.4, -0.2) is 14.9 Å². The van der Waals surface area contributed by atoms with E-state index in [1.54, 1.807) is 10.7 Å². The molecule has 0 atom stereocenters. The standard InChI is InChI=1S/C13H16N2O/c1-9(2)15-13(16)8-12(14-15)11-6-4-10(3)5-7-11/h4-9,16H,1-3H3. The molecule has 3 nitrogen and oxygen atoms in total. The summed E-state index contributed by atoms with van der Waals surface area (Å²) in [7, 11) is 0. The molecule has 0 saturated heterocycles. The van der Waals surface area contributed by atoms with Crippen LogP contribution in [0.4, 0.5) is 0 Å². The molecular formula is C13H16N2O. The van der Waals surface area contributed by atoms with E-state index >= 15 is 0 Å². The fraction of sp³-hybridized carbons (Fsp3) is 0.308. The number of nitrogens with zero attached hydrogens (tertiary/aromatic N) is 2. The Morgan fingerprint density at radius 3 is 2.31 bits per heavy atom. The van der Waals surface area contributed by atoms with Gasteiger partial charge in [-0.15, -0.1) is 0 Å². The van der Waals surface area contributed by atoms with Crippen molar-refractivity contribution in [1.82, 2.24) is 9.78 Å². The van der Waals surface area contributed by atoms with Crippen molar-refractivity contribution in [2.24, 2.45) is 0 Å². The van der Waals surface area contributed by atoms with Crippen LogP contribution in [0.15, 0.2) is 30.3 Å². The molecule has 0 aliphatic rings. The number of hydrogen-bond donors (Lipinski definition) is 1. The van der Waals surface area contributed by atoms with Gasteiger partial charge in [-0.2, -0.15) is 5.10 Å². The smallest absolute Gasteiger partial charge is 0.210 e. The summed E-state index contributed by atoms with van der Waals surface area (Å²) in [4.78, 5) is 0. The first kappa shape index (κ1) is 10.7. The van der Waals surface area contributed by atoms with Gasteiger partial charge in [0.1, 0.15) is 0 Å². The second-order valence-corrected chi connectivity index (χ2v) is 4.29. The maximum Gasteiger partial charge on any atom is 0.210 e. The zero-order valence-electron chi connectivity index (χ0n) is 9.81. The van der Waals surface area contributed by atoms with Gasteiger partial charge in [-0.3, -0.25) is 0 Å². The molecule has 0 radical (unpaired) electrons. The van der Waals surface area contributed by atoms with Gasteiger partial charge in [0.25, 0.3) is 0 Å². The zero-order valence-corrected chi connectivity index (χ0v) is 9.81. The molecule has 0 amide bonds. The topological polar surface area (TPSA) is 38.0 Å². The highest BCUT2D eigenvalue weighted by Gasteiger charge is 2.10. The molecule has 84 valence electrons. The Kier molecular flexibility index (Phi) is 2.69. The van der Waals surface area contributed by atoms with Crippen LogP contribution in [0.3, 0.4) is 0 Å². The zero-order chi connectivity index (χ0) is 11.7. The lowest BCUT2D eigenvalue weighted by molar-refractivity contribution is 0.378. The van der Waals surface area contributed by atoms with Crippen LogP contribution in [0.25, 0.3) is 11.3 Å². The normalized spacial score (nSPS) is 11.0. The van der Waals surface area contributed by atoms with Gasteiger partial charge >= 0.3 is 0 Å². The van der Waals surface area contributed by atoms with E-state index in [1.807, 2.05) is 45.0 Å². The van der Waals surface area contributed by atoms with Gasteiger partial charge in [-0.1, -0.05) is 29.8 Å². The van der Waals surface area contributed by atoms with Crippen LogP contribution in [0, 0.1) is 6.92 Å². The third-order valence-corrected chi connectivity index (χ3v) is 2.55. The summed E-state index contributed by atoms with van der Waals surface area (Å²) in [6, 6.07) is 9.98. The van der Waals surface area contributed by atoms with Gasteiger partial charge in [-0.25, -0.2) is 4.68 Å². The van der Waals surface area contributed by atoms with Crippen LogP contribution in [-0.2, 0) is 0 Å². The van der Waals surface area contributed by atoms with E-state index in [0.29, 0.717) is 0 Å². The van der Waals surface area contributed by atoms with E-state index in [0.717, 1.165) is 11.3 Å². The monoisotopic (exact) mass is 216 g/mol. The minimum Gasteiger partial charge on any atom is -0.493 e. The van der Waals surface area contributed by atoms with E-state index in [4.69, 9.17) is 0 Å². The van der Waals surface area contributed by atoms with Gasteiger partial charge in [-0.05, 0) is 20.8 Å². The first-order valence-electron chi connectivity index (χ1n) is 5.43. The van der Waals surface area contributed by atoms with E-state index in [9.17, 15) is 5.11 Å². The van der Waals surface area contributed by atoms with Crippen molar-refractivity contribution in [1.29, 1.82) is 0 Å². The lowest BCUT2D eigenvalue weighted by Crippen LogP contribution is -2.01. The predicted molar refractivity (Wildman–Crippen MR) is 64.4 cm³/mol. The largest absolute Gasteiger partial charge is 0.493 e. The van der Waals surface area contributed by atoms with E-state index < -0.39 is 0 Å². The molecule has 0 unspecified atom stereocenters. The van der Waals surface area contributed by atoms with Crippen molar-refractivity contribution in [2.75, 3.05) is 0 Å². The van der Waals surface area contributed by atoms with Crippen LogP contribution >= 0.6 is 0 Å². The van der Waals surface area contributed by atoms with Crippen molar-refractivity contribution in [3.8, 4) is 17.1 Å². The molecule has 16 heavy (non-hydrogen) atoms. The Hall–Kier alpha value is -1.77. The highest BCUT2D eigenvalue weighted by molar-refractivity contribution is 5.60. The SMILES string of the molecule is Cc1ccc(-c2cc(O)n(C(C)C)n2)cc1. The fourth-order valence-corrected chi connectivity index (χ4v) is 1.63. The Balaban J connectivity index is 2.41. The molecule has 0 aliphatic heterocycles. The Morgan fingerprint density at radius 1 is 1.19 bits per heavy atom. The van der Waals surface area contributed by atoms with E-state index in [-0.39, 0.29) is 11.9 Å². The quantitative estimate of drug-likeness (QED) is 0.837. The van der Waals surface area contributed by atoms with Crippen molar-refractivity contribution >= 4 is 0 Å². The summed E-state index contributed by atoms with van der Waals surface area (Å²) in [6.07, 6.45) is 0. The Morgan fingerprint density at radius 2 is 1.81 bits per heavy atom. The van der Waals surface area contributed by atoms with Crippen molar-refractivity contribution < 1.29 is 5.11 Å². The number of aromatic hydroxyl groups is 1. The van der Waals surface area contributed by atoms with Crippen molar-refractivity contribution in [3.05, 3.63) is 35.9 Å². The minimum absolute atomic E-state index is 0.166. The molecule has 1 aromatic carbocycles. The molecule has 0 spiro atoms. The third-order valence-electron chi connectivity index (χ3n) is 2.55. The third kappa shape index (κ3) is 1.94. The first-order chi connectivity index (χ1) is 7.58. The Labute approximate surface area is 95.3 Å². The van der Waals surface area contributed by atoms with Gasteiger partial charge < -0.3 is 5.11 Å². The number of rotatable bonds is 2. The molecule has 0 fully saturated rings. The fourth-order valence-electron chi connectivity index (χ4n) is 1.63. The Bertz CT molecular complexity index is 483. The molecule has 0 bridgehead atoms. The van der Waals surface area contributed by atoms with Gasteiger partial charge in [0.2, 0.25) is 5.88 Å². The molecule has 1 N–H and O–H groups in total. The minimum atomic E-state index is 0.166. The molecule has 0 aliphatic carbocycles. The first-order valence-corrected chi connectivity index (χ1v) is 5.43. The van der Waals surface area contributed by atoms with Gasteiger partial charge in [0.05, 0.1) is 11.7 Å². The van der Waals surface area contributed by atoms with E-state index in [1.165, 1.54) is 5.56 Å². The van der Waals surface area contributed by atoms with Crippen molar-refractivity contribution in [2.45, 2.75) is 26.8 Å². The maximum atomic E-state index is 9.72. The summed E-state index contributed by atoms with van der Waals surface area (Å²) in [5.41, 5.74) is 3.06. The van der Waals surface area contributed by atoms with Gasteiger partial charge in [0, 0.05) is 11.6 Å². The summed E-state index contributed by atoms with van der Waals surface area (Å²) in [5, 5.41) is 14.1. The molecule has 1 aromatic heterocycles. The highest BCUT2D eigenvalue weighted by atomic mass is 16.3. The number of aryl methyl sites for hydroxylation is 1. The van der Waals surface area contributed by atoms with E-state index in [2.05, 4.69) is 5.10 Å². The molecule has 3 heteroatoms. The molecule has 2 aromatic rings. The highest BCUT2D eigenvalue weighted by Crippen LogP contribution is 2.25. The average molecular weight is 216 g/mol. The average Bonchev–Trinajstić information content (AvgIpc) is 2.61. The van der Waals surface area contributed by atoms with Crippen LogP contribution in [0.1, 0.15) is 25.5 Å². The maximum absolute atomic E-state index is 9.72. The summed E-state index contributed by atoms with van der Waals surface area (Å²) in [5.74, 6) is 0.213. The lowest BCUT2D eigenvalue weighted by atomic mass is 10.1.